The minimum absolute atomic E-state index is 0. The number of rotatable bonds is 57. The van der Waals surface area contributed by atoms with Crippen molar-refractivity contribution in [3.05, 3.63) is 0 Å². The Morgan fingerprint density at radius 2 is 0.456 bits per heavy atom. The quantitative estimate of drug-likeness (QED) is 0.0124. The average Bonchev–Trinajstić information content (AvgIpc) is 1.67. The number of unbranched alkanes of at least 4 members (excludes halogenated alkanes) is 12. The largest absolute Gasteiger partial charge is 0.481 e. The molecule has 0 aromatic carbocycles. The Kier molecular flexibility index (Phi) is 98.6. The van der Waals surface area contributed by atoms with Crippen LogP contribution in [0.4, 0.5) is 69.0 Å². The zero-order chi connectivity index (χ0) is 101. The maximum absolute atomic E-state index is 12.7. The predicted molar refractivity (Wildman–Crippen MR) is 514 cm³/mol. The van der Waals surface area contributed by atoms with Gasteiger partial charge < -0.3 is 44.5 Å². The molecule has 0 atom stereocenters. The molecule has 810 valence electrons. The molecule has 0 aromatic rings. The van der Waals surface area contributed by atoms with Gasteiger partial charge in [-0.15, -0.1) is 0 Å². The number of ketones is 2. The summed E-state index contributed by atoms with van der Waals surface area (Å²) in [5, 5.41) is 51.3. The van der Waals surface area contributed by atoms with Crippen LogP contribution in [0.15, 0.2) is 0 Å². The number of esters is 4. The molecule has 0 aromatic heterocycles. The fraction of sp³-hybridized carbons (Fsp3) is 0.899. The number of aliphatic carboxylic acids is 4. The topological polar surface area (TPSA) is 309 Å². The molecular weight excluding hydrogens is 2020 g/mol. The predicted octanol–water partition coefficient (Wildman–Crippen LogP) is 32.2. The monoisotopic (exact) mass is 2190 g/mol. The standard InChI is InChI=1S/C29H50O5.C21H36O5.C21H34O5.C14H25BrO2.C10H18O2.C4H8Br2.6F2.3FH/c1-3-5-23-33-26(31)28(19-11-12-20-28)17-9-7-15-25(30)16-8-10-18-29(21-13-14-22-29)27(32)34-24-6-4-2;2*22-17(9-1-3-11-20(18(23)24)13-5-6-14-20)10-2-4-12-21(19(25)26)15-7-8-16-21;1-2-3-12-17-13(16)14(8-4-5-9-14)10-6-7-11-15;1-2-3-8-12-10(11)9-6-4-5-7-9;5-3-1-2-4-6;6*1-2;;;/h3-24H2,1-2H3;17,22H,1-16H2,(H,23,24)(H,25,26);1-16H2,(H,23,24)(H,25,26);2-12H2,1H3;9H,2-8H2,1H3;1-4H2;;;;;;;3*1H. The number of carbonyl (C=O) groups excluding carboxylic acids is 6. The van der Waals surface area contributed by atoms with E-state index in [0.29, 0.717) is 70.7 Å². The number of carboxylic acids is 4. The summed E-state index contributed by atoms with van der Waals surface area (Å²) in [6.07, 6.45) is 63.6. The zero-order valence-corrected chi connectivity index (χ0v) is 87.0. The van der Waals surface area contributed by atoms with E-state index < -0.39 is 45.5 Å². The van der Waals surface area contributed by atoms with Crippen LogP contribution >= 0.6 is 47.8 Å². The van der Waals surface area contributed by atoms with Crippen molar-refractivity contribution in [3.8, 4) is 0 Å². The van der Waals surface area contributed by atoms with Crippen molar-refractivity contribution in [2.75, 3.05) is 42.4 Å². The Hall–Kier alpha value is -4.55. The molecule has 0 amide bonds. The van der Waals surface area contributed by atoms with Crippen molar-refractivity contribution in [2.24, 2.45) is 43.8 Å². The third-order valence-corrected chi connectivity index (χ3v) is 30.2. The molecule has 0 bridgehead atoms. The first-order valence-corrected chi connectivity index (χ1v) is 53.5. The number of hydrogen-bond donors (Lipinski definition) is 5. The molecule has 0 spiro atoms. The number of alkyl halides is 3. The minimum atomic E-state index is -0.666. The Morgan fingerprint density at radius 1 is 0.272 bits per heavy atom. The highest BCUT2D eigenvalue weighted by atomic mass is 79.9. The number of carbonyl (C=O) groups is 10. The van der Waals surface area contributed by atoms with E-state index in [0.717, 1.165) is 382 Å². The van der Waals surface area contributed by atoms with Crippen molar-refractivity contribution in [1.29, 1.82) is 0 Å². The molecule has 8 rings (SSSR count). The SMILES string of the molecule is BrCCCCBr.CCCCOC(=O)C1(CCCCBr)CCCC1.CCCCOC(=O)C1(CCCCC(=O)CCCCC2(C(=O)OCCCC)CCCC2)CCCC1.CCCCOC(=O)C1CCCC1.F.F.F.FF.FF.FF.FF.FF.FF.O=C(CCCCC1(C(=O)O)CCCC1)CCCCC1(C(=O)O)CCCC1.O=C(O)C1(CCCCC(O)CCCCC2(C(=O)O)CCCC2)CCCC1. The number of Topliss-reactive ketones (excluding diaryl/α,β-unsaturated/α-hetero) is 2. The maximum Gasteiger partial charge on any atom is 0.312 e. The average molecular weight is 2190 g/mol. The fourth-order valence-corrected chi connectivity index (χ4v) is 21.5. The van der Waals surface area contributed by atoms with Gasteiger partial charge in [-0.1, -0.05) is 262 Å². The Bertz CT molecular complexity index is 2760. The van der Waals surface area contributed by atoms with E-state index in [4.69, 9.17) is 73.8 Å². The normalized spacial score (nSPS) is 17.3. The van der Waals surface area contributed by atoms with E-state index in [9.17, 15) is 73.5 Å². The van der Waals surface area contributed by atoms with Crippen molar-refractivity contribution >= 4 is 107 Å². The molecule has 8 aliphatic carbocycles. The summed E-state index contributed by atoms with van der Waals surface area (Å²) in [5.41, 5.74) is -2.79. The number of aliphatic hydroxyl groups excluding tert-OH is 1. The molecular formula is C99H174Br3F15O19. The van der Waals surface area contributed by atoms with E-state index in [1.54, 1.807) is 0 Å². The first-order valence-electron chi connectivity index (χ1n) is 50.2. The van der Waals surface area contributed by atoms with E-state index in [1.165, 1.54) is 38.5 Å². The third kappa shape index (κ3) is 60.1. The fourth-order valence-electron chi connectivity index (χ4n) is 20.3. The van der Waals surface area contributed by atoms with Gasteiger partial charge in [0.2, 0.25) is 0 Å². The van der Waals surface area contributed by atoms with Crippen LogP contribution in [0.2, 0.25) is 0 Å². The van der Waals surface area contributed by atoms with Gasteiger partial charge in [-0.25, -0.2) is 0 Å². The molecule has 8 saturated carbocycles. The van der Waals surface area contributed by atoms with Gasteiger partial charge >= 0.3 is 47.8 Å². The second kappa shape index (κ2) is 92.8. The van der Waals surface area contributed by atoms with Crippen LogP contribution in [0, 0.1) is 43.8 Å². The second-order valence-corrected chi connectivity index (χ2v) is 40.3. The number of ether oxygens (including phenoxy) is 4. The molecule has 0 radical (unpaired) electrons. The number of hydrogen-bond acceptors (Lipinski definition) is 15. The lowest BCUT2D eigenvalue weighted by atomic mass is 9.80. The highest BCUT2D eigenvalue weighted by Gasteiger charge is 2.47. The van der Waals surface area contributed by atoms with Gasteiger partial charge in [0.25, 0.3) is 0 Å². The van der Waals surface area contributed by atoms with Crippen LogP contribution in [0.5, 0.6) is 0 Å². The van der Waals surface area contributed by atoms with Crippen molar-refractivity contribution < 1.29 is 161 Å². The van der Waals surface area contributed by atoms with Crippen LogP contribution in [-0.2, 0) is 66.9 Å². The summed E-state index contributed by atoms with van der Waals surface area (Å²) in [5.74, 6) is -1.72. The van der Waals surface area contributed by atoms with Crippen molar-refractivity contribution in [3.63, 3.8) is 0 Å². The zero-order valence-electron chi connectivity index (χ0n) is 82.2. The van der Waals surface area contributed by atoms with Crippen LogP contribution in [0.25, 0.3) is 0 Å². The molecule has 8 aliphatic rings. The highest BCUT2D eigenvalue weighted by molar-refractivity contribution is 9.09. The first-order chi connectivity index (χ1) is 64.3. The molecule has 136 heavy (non-hydrogen) atoms. The van der Waals surface area contributed by atoms with E-state index >= 15 is 0 Å². The first kappa shape index (κ1) is 144. The van der Waals surface area contributed by atoms with Crippen molar-refractivity contribution in [1.82, 2.24) is 0 Å². The molecule has 0 heterocycles. The third-order valence-electron chi connectivity index (χ3n) is 28.5. The van der Waals surface area contributed by atoms with Gasteiger partial charge in [-0.3, -0.25) is 62.1 Å². The summed E-state index contributed by atoms with van der Waals surface area (Å²) < 4.78 is 118. The maximum atomic E-state index is 12.7. The van der Waals surface area contributed by atoms with Gasteiger partial charge in [-0.2, -0.15) is 0 Å². The number of carboxylic acid groups (broad SMARTS) is 4. The molecule has 0 aliphatic heterocycles. The summed E-state index contributed by atoms with van der Waals surface area (Å²) >= 11 is 10.1. The molecule has 19 nitrogen and oxygen atoms in total. The summed E-state index contributed by atoms with van der Waals surface area (Å²) in [7, 11) is 0. The lowest BCUT2D eigenvalue weighted by Crippen LogP contribution is -2.30. The lowest BCUT2D eigenvalue weighted by Gasteiger charge is -2.27. The van der Waals surface area contributed by atoms with Gasteiger partial charge in [0, 0.05) is 96.6 Å². The number of aliphatic hydroxyl groups is 1. The molecule has 0 unspecified atom stereocenters. The Labute approximate surface area is 826 Å². The number of halogens is 18. The van der Waals surface area contributed by atoms with Gasteiger partial charge in [0.15, 0.2) is 0 Å². The summed E-state index contributed by atoms with van der Waals surface area (Å²) in [6, 6.07) is 0. The van der Waals surface area contributed by atoms with Gasteiger partial charge in [0.1, 0.15) is 11.6 Å². The summed E-state index contributed by atoms with van der Waals surface area (Å²) in [6.45, 7) is 10.7. The minimum Gasteiger partial charge on any atom is -0.481 e. The molecule has 37 heteroatoms. The van der Waals surface area contributed by atoms with Crippen LogP contribution in [0.1, 0.15) is 471 Å². The van der Waals surface area contributed by atoms with E-state index in [2.05, 4.69) is 75.5 Å². The Balaban J connectivity index is -0.000000298. The molecule has 8 fully saturated rings. The van der Waals surface area contributed by atoms with Gasteiger partial charge in [0.05, 0.1) is 76.4 Å². The van der Waals surface area contributed by atoms with Crippen LogP contribution < -0.4 is 0 Å². The lowest BCUT2D eigenvalue weighted by molar-refractivity contribution is -0.157. The van der Waals surface area contributed by atoms with Crippen LogP contribution in [-0.4, -0.2) is 133 Å². The second-order valence-electron chi connectivity index (χ2n) is 37.9. The Morgan fingerprint density at radius 3 is 0.662 bits per heavy atom. The molecule has 0 saturated heterocycles. The van der Waals surface area contributed by atoms with Gasteiger partial charge in [-0.05, 0) is 231 Å². The summed E-state index contributed by atoms with van der Waals surface area (Å²) in [4.78, 5) is 119. The smallest absolute Gasteiger partial charge is 0.312 e. The van der Waals surface area contributed by atoms with Crippen LogP contribution in [0.3, 0.4) is 0 Å². The van der Waals surface area contributed by atoms with E-state index in [-0.39, 0.29) is 72.0 Å². The van der Waals surface area contributed by atoms with E-state index in [1.807, 2.05) is 0 Å². The van der Waals surface area contributed by atoms with Crippen molar-refractivity contribution in [2.45, 2.75) is 477 Å². The molecule has 5 N–H and O–H groups in total. The highest BCUT2D eigenvalue weighted by Crippen LogP contribution is 2.49.